The van der Waals surface area contributed by atoms with Crippen molar-refractivity contribution in [3.63, 3.8) is 0 Å². The molecule has 2 heterocycles. The Balaban J connectivity index is 1.60. The Labute approximate surface area is 155 Å². The van der Waals surface area contributed by atoms with E-state index in [1.807, 2.05) is 35.0 Å². The lowest BCUT2D eigenvalue weighted by Gasteiger charge is -2.01. The van der Waals surface area contributed by atoms with Gasteiger partial charge < -0.3 is 9.84 Å². The number of benzene rings is 2. The highest BCUT2D eigenvalue weighted by molar-refractivity contribution is 5.88. The molecular formula is C19H18N6O2. The fourth-order valence-corrected chi connectivity index (χ4v) is 2.85. The van der Waals surface area contributed by atoms with Gasteiger partial charge in [-0.25, -0.2) is 4.68 Å². The molecule has 136 valence electrons. The maximum atomic E-state index is 11.1. The minimum atomic E-state index is -0.117. The van der Waals surface area contributed by atoms with Gasteiger partial charge in [0.2, 0.25) is 11.7 Å². The number of anilines is 1. The summed E-state index contributed by atoms with van der Waals surface area (Å²) >= 11 is 0. The summed E-state index contributed by atoms with van der Waals surface area (Å²) in [5.74, 6) is 0.783. The molecule has 4 aromatic rings. The summed E-state index contributed by atoms with van der Waals surface area (Å²) in [5.41, 5.74) is 4.09. The standard InChI is InChI=1S/C19H18N6O2/c1-3-10-25-17-9-6-14(11-16(17)22-24-25)18-21-19(27-23-18)13-4-7-15(8-5-13)20-12(2)26/h4-9,11H,3,10H2,1-2H3,(H,20,26). The molecule has 4 rings (SSSR count). The van der Waals surface area contributed by atoms with Crippen molar-refractivity contribution in [2.45, 2.75) is 26.8 Å². The molecule has 1 N–H and O–H groups in total. The molecule has 2 aromatic heterocycles. The summed E-state index contributed by atoms with van der Waals surface area (Å²) < 4.78 is 7.28. The number of hydrogen-bond acceptors (Lipinski definition) is 6. The number of fused-ring (bicyclic) bond motifs is 1. The monoisotopic (exact) mass is 362 g/mol. The summed E-state index contributed by atoms with van der Waals surface area (Å²) in [5, 5.41) is 15.2. The first-order valence-corrected chi connectivity index (χ1v) is 8.69. The first-order chi connectivity index (χ1) is 13.1. The van der Waals surface area contributed by atoms with Crippen LogP contribution in [-0.2, 0) is 11.3 Å². The first-order valence-electron chi connectivity index (χ1n) is 8.69. The first kappa shape index (κ1) is 16.9. The van der Waals surface area contributed by atoms with Gasteiger partial charge in [0.05, 0.1) is 5.52 Å². The molecule has 0 aliphatic carbocycles. The summed E-state index contributed by atoms with van der Waals surface area (Å²) in [6.07, 6.45) is 0.995. The van der Waals surface area contributed by atoms with Gasteiger partial charge in [-0.15, -0.1) is 5.10 Å². The maximum Gasteiger partial charge on any atom is 0.258 e. The van der Waals surface area contributed by atoms with E-state index in [1.165, 1.54) is 6.92 Å². The van der Waals surface area contributed by atoms with E-state index in [-0.39, 0.29) is 5.91 Å². The second kappa shape index (κ2) is 6.99. The summed E-state index contributed by atoms with van der Waals surface area (Å²) in [4.78, 5) is 15.6. The van der Waals surface area contributed by atoms with Crippen molar-refractivity contribution in [3.8, 4) is 22.8 Å². The highest BCUT2D eigenvalue weighted by Crippen LogP contribution is 2.25. The van der Waals surface area contributed by atoms with Crippen molar-refractivity contribution in [1.82, 2.24) is 25.1 Å². The maximum absolute atomic E-state index is 11.1. The van der Waals surface area contributed by atoms with Crippen molar-refractivity contribution >= 4 is 22.6 Å². The van der Waals surface area contributed by atoms with E-state index in [9.17, 15) is 4.79 Å². The predicted octanol–water partition coefficient (Wildman–Crippen LogP) is 3.52. The molecule has 0 radical (unpaired) electrons. The van der Waals surface area contributed by atoms with Gasteiger partial charge in [-0.3, -0.25) is 4.79 Å². The SMILES string of the molecule is CCCn1nnc2cc(-c3noc(-c4ccc(NC(C)=O)cc4)n3)ccc21. The normalized spacial score (nSPS) is 11.0. The Bertz CT molecular complexity index is 1100. The number of carbonyl (C=O) groups excluding carboxylic acids is 1. The Kier molecular flexibility index (Phi) is 4.37. The van der Waals surface area contributed by atoms with Crippen LogP contribution >= 0.6 is 0 Å². The molecule has 0 unspecified atom stereocenters. The van der Waals surface area contributed by atoms with Crippen molar-refractivity contribution < 1.29 is 9.32 Å². The highest BCUT2D eigenvalue weighted by atomic mass is 16.5. The molecule has 0 fully saturated rings. The third kappa shape index (κ3) is 3.41. The van der Waals surface area contributed by atoms with Crippen LogP contribution in [0.5, 0.6) is 0 Å². The van der Waals surface area contributed by atoms with Crippen molar-refractivity contribution in [2.75, 3.05) is 5.32 Å². The molecule has 2 aromatic carbocycles. The zero-order chi connectivity index (χ0) is 18.8. The van der Waals surface area contributed by atoms with Gasteiger partial charge in [-0.1, -0.05) is 17.3 Å². The average molecular weight is 362 g/mol. The number of nitrogens with one attached hydrogen (secondary N) is 1. The second-order valence-electron chi connectivity index (χ2n) is 6.20. The molecule has 27 heavy (non-hydrogen) atoms. The van der Waals surface area contributed by atoms with Gasteiger partial charge in [0.15, 0.2) is 0 Å². The van der Waals surface area contributed by atoms with Crippen LogP contribution in [0.25, 0.3) is 33.9 Å². The van der Waals surface area contributed by atoms with E-state index < -0.39 is 0 Å². The van der Waals surface area contributed by atoms with Crippen LogP contribution in [0.15, 0.2) is 47.0 Å². The third-order valence-electron chi connectivity index (χ3n) is 4.09. The predicted molar refractivity (Wildman–Crippen MR) is 101 cm³/mol. The van der Waals surface area contributed by atoms with Crippen LogP contribution in [-0.4, -0.2) is 31.0 Å². The Hall–Kier alpha value is -3.55. The number of carbonyl (C=O) groups is 1. The minimum absolute atomic E-state index is 0.117. The fourth-order valence-electron chi connectivity index (χ4n) is 2.85. The average Bonchev–Trinajstić information content (AvgIpc) is 3.29. The van der Waals surface area contributed by atoms with E-state index >= 15 is 0 Å². The lowest BCUT2D eigenvalue weighted by Crippen LogP contribution is -2.05. The molecule has 0 spiro atoms. The van der Waals surface area contributed by atoms with Crippen LogP contribution in [0.3, 0.4) is 0 Å². The van der Waals surface area contributed by atoms with Gasteiger partial charge in [0.1, 0.15) is 5.52 Å². The molecule has 0 aliphatic rings. The van der Waals surface area contributed by atoms with Gasteiger partial charge in [0.25, 0.3) is 5.89 Å². The van der Waals surface area contributed by atoms with Gasteiger partial charge >= 0.3 is 0 Å². The van der Waals surface area contributed by atoms with Crippen molar-refractivity contribution in [3.05, 3.63) is 42.5 Å². The highest BCUT2D eigenvalue weighted by Gasteiger charge is 2.13. The molecular weight excluding hydrogens is 344 g/mol. The zero-order valence-electron chi connectivity index (χ0n) is 15.0. The topological polar surface area (TPSA) is 98.7 Å². The Morgan fingerprint density at radius 2 is 1.93 bits per heavy atom. The number of amides is 1. The third-order valence-corrected chi connectivity index (χ3v) is 4.09. The van der Waals surface area contributed by atoms with E-state index in [2.05, 4.69) is 32.7 Å². The van der Waals surface area contributed by atoms with E-state index in [1.54, 1.807) is 12.1 Å². The number of aromatic nitrogens is 5. The molecule has 0 saturated carbocycles. The van der Waals surface area contributed by atoms with Gasteiger partial charge in [-0.05, 0) is 48.9 Å². The largest absolute Gasteiger partial charge is 0.334 e. The summed E-state index contributed by atoms with van der Waals surface area (Å²) in [6, 6.07) is 13.0. The molecule has 0 atom stereocenters. The fraction of sp³-hybridized carbons (Fsp3) is 0.211. The van der Waals surface area contributed by atoms with Crippen LogP contribution in [0, 0.1) is 0 Å². The Morgan fingerprint density at radius 3 is 2.67 bits per heavy atom. The quantitative estimate of drug-likeness (QED) is 0.583. The number of rotatable bonds is 5. The van der Waals surface area contributed by atoms with E-state index in [4.69, 9.17) is 4.52 Å². The van der Waals surface area contributed by atoms with Gasteiger partial charge in [-0.2, -0.15) is 4.98 Å². The zero-order valence-corrected chi connectivity index (χ0v) is 15.0. The van der Waals surface area contributed by atoms with E-state index in [0.717, 1.165) is 35.1 Å². The van der Waals surface area contributed by atoms with Crippen molar-refractivity contribution in [1.29, 1.82) is 0 Å². The summed E-state index contributed by atoms with van der Waals surface area (Å²) in [6.45, 7) is 4.40. The molecule has 1 amide bonds. The molecule has 0 bridgehead atoms. The van der Waals surface area contributed by atoms with Gasteiger partial charge in [0, 0.05) is 30.3 Å². The number of aryl methyl sites for hydroxylation is 1. The van der Waals surface area contributed by atoms with Crippen LogP contribution in [0.1, 0.15) is 20.3 Å². The molecule has 8 nitrogen and oxygen atoms in total. The molecule has 8 heteroatoms. The van der Waals surface area contributed by atoms with Crippen LogP contribution in [0.2, 0.25) is 0 Å². The molecule has 0 saturated heterocycles. The summed E-state index contributed by atoms with van der Waals surface area (Å²) in [7, 11) is 0. The lowest BCUT2D eigenvalue weighted by atomic mass is 10.2. The Morgan fingerprint density at radius 1 is 1.15 bits per heavy atom. The number of hydrogen-bond donors (Lipinski definition) is 1. The van der Waals surface area contributed by atoms with Crippen molar-refractivity contribution in [2.24, 2.45) is 0 Å². The van der Waals surface area contributed by atoms with Crippen LogP contribution < -0.4 is 5.32 Å². The minimum Gasteiger partial charge on any atom is -0.334 e. The van der Waals surface area contributed by atoms with Crippen LogP contribution in [0.4, 0.5) is 5.69 Å². The number of nitrogens with zero attached hydrogens (tertiary/aromatic N) is 5. The lowest BCUT2D eigenvalue weighted by molar-refractivity contribution is -0.114. The molecule has 0 aliphatic heterocycles. The second-order valence-corrected chi connectivity index (χ2v) is 6.20. The van der Waals surface area contributed by atoms with E-state index in [0.29, 0.717) is 17.4 Å². The smallest absolute Gasteiger partial charge is 0.258 e.